The van der Waals surface area contributed by atoms with Gasteiger partial charge in [-0.15, -0.1) is 34.0 Å². The molecule has 4 heteroatoms. The van der Waals surface area contributed by atoms with Gasteiger partial charge in [0.1, 0.15) is 0 Å². The van der Waals surface area contributed by atoms with Gasteiger partial charge in [0.2, 0.25) is 0 Å². The maximum atomic E-state index is 11.2. The van der Waals surface area contributed by atoms with Gasteiger partial charge in [0.25, 0.3) is 0 Å². The summed E-state index contributed by atoms with van der Waals surface area (Å²) in [7, 11) is 0. The van der Waals surface area contributed by atoms with Crippen LogP contribution in [0.5, 0.6) is 0 Å². The smallest absolute Gasteiger partial charge is 0.160 e. The molecule has 0 unspecified atom stereocenters. The second-order valence-corrected chi connectivity index (χ2v) is 13.4. The van der Waals surface area contributed by atoms with Crippen molar-refractivity contribution in [3.8, 4) is 41.8 Å². The average Bonchev–Trinajstić information content (AvgIpc) is 3.76. The number of thiophene rings is 3. The molecule has 5 aromatic rings. The van der Waals surface area contributed by atoms with Crippen molar-refractivity contribution in [1.29, 1.82) is 0 Å². The van der Waals surface area contributed by atoms with E-state index in [4.69, 9.17) is 0 Å². The molecule has 1 aliphatic rings. The zero-order valence-electron chi connectivity index (χ0n) is 22.0. The van der Waals surface area contributed by atoms with Crippen molar-refractivity contribution in [3.63, 3.8) is 0 Å². The van der Waals surface area contributed by atoms with Gasteiger partial charge in [0.15, 0.2) is 6.29 Å². The lowest BCUT2D eigenvalue weighted by molar-refractivity contribution is 0.112. The van der Waals surface area contributed by atoms with E-state index in [1.54, 1.807) is 11.3 Å². The molecule has 3 aromatic heterocycles. The van der Waals surface area contributed by atoms with E-state index >= 15 is 0 Å². The SMILES string of the molecule is CCCCC1(CCCC)c2ccccc2-c2ccc(-c3ccsc3-c3ccc(-c4ccc(C=O)s4)s3)cc21. The second kappa shape index (κ2) is 10.8. The third-order valence-corrected chi connectivity index (χ3v) is 11.4. The van der Waals surface area contributed by atoms with Gasteiger partial charge in [-0.1, -0.05) is 75.9 Å². The third-order valence-electron chi connectivity index (χ3n) is 7.97. The molecule has 0 N–H and O–H groups in total. The number of unbranched alkanes of at least 4 members (excludes halogenated alkanes) is 2. The van der Waals surface area contributed by atoms with Crippen LogP contribution in [-0.4, -0.2) is 6.29 Å². The first-order chi connectivity index (χ1) is 18.7. The first-order valence-electron chi connectivity index (χ1n) is 13.7. The van der Waals surface area contributed by atoms with Gasteiger partial charge in [-0.25, -0.2) is 0 Å². The summed E-state index contributed by atoms with van der Waals surface area (Å²) >= 11 is 5.20. The number of hydrogen-bond acceptors (Lipinski definition) is 4. The highest BCUT2D eigenvalue weighted by Gasteiger charge is 2.42. The first kappa shape index (κ1) is 25.5. The van der Waals surface area contributed by atoms with Crippen molar-refractivity contribution in [2.45, 2.75) is 57.8 Å². The highest BCUT2D eigenvalue weighted by molar-refractivity contribution is 7.26. The second-order valence-electron chi connectivity index (χ2n) is 10.2. The summed E-state index contributed by atoms with van der Waals surface area (Å²) in [6, 6.07) is 27.1. The Bertz CT molecular complexity index is 1570. The third kappa shape index (κ3) is 4.33. The molecule has 1 nitrogen and oxygen atoms in total. The number of carbonyl (C=O) groups excluding carboxylic acids is 1. The molecule has 192 valence electrons. The Morgan fingerprint density at radius 2 is 1.42 bits per heavy atom. The van der Waals surface area contributed by atoms with E-state index in [2.05, 4.69) is 86.0 Å². The molecular weight excluding hydrogens is 521 g/mol. The summed E-state index contributed by atoms with van der Waals surface area (Å²) in [6.07, 6.45) is 8.30. The maximum absolute atomic E-state index is 11.2. The molecule has 0 saturated heterocycles. The zero-order valence-corrected chi connectivity index (χ0v) is 24.4. The van der Waals surface area contributed by atoms with Crippen molar-refractivity contribution in [2.75, 3.05) is 0 Å². The predicted octanol–water partition coefficient (Wildman–Crippen LogP) is 11.3. The summed E-state index contributed by atoms with van der Waals surface area (Å²) in [5.74, 6) is 0. The molecule has 2 aromatic carbocycles. The quantitative estimate of drug-likeness (QED) is 0.157. The Kier molecular flexibility index (Phi) is 7.22. The van der Waals surface area contributed by atoms with Crippen LogP contribution in [0.25, 0.3) is 41.8 Å². The van der Waals surface area contributed by atoms with Crippen molar-refractivity contribution < 1.29 is 4.79 Å². The molecule has 0 bridgehead atoms. The van der Waals surface area contributed by atoms with E-state index in [1.165, 1.54) is 86.5 Å². The molecular formula is C34H32OS3. The molecule has 6 rings (SSSR count). The van der Waals surface area contributed by atoms with Crippen LogP contribution in [0, 0.1) is 0 Å². The lowest BCUT2D eigenvalue weighted by Crippen LogP contribution is -2.25. The molecule has 0 radical (unpaired) electrons. The number of hydrogen-bond donors (Lipinski definition) is 0. The predicted molar refractivity (Wildman–Crippen MR) is 167 cm³/mol. The van der Waals surface area contributed by atoms with Crippen LogP contribution in [0.1, 0.15) is 73.2 Å². The monoisotopic (exact) mass is 552 g/mol. The minimum Gasteiger partial charge on any atom is -0.297 e. The largest absolute Gasteiger partial charge is 0.297 e. The minimum absolute atomic E-state index is 0.107. The van der Waals surface area contributed by atoms with Gasteiger partial charge < -0.3 is 0 Å². The number of carbonyl (C=O) groups is 1. The Morgan fingerprint density at radius 3 is 2.18 bits per heavy atom. The van der Waals surface area contributed by atoms with E-state index in [-0.39, 0.29) is 5.41 Å². The number of benzene rings is 2. The molecule has 0 spiro atoms. The molecule has 0 amide bonds. The van der Waals surface area contributed by atoms with Crippen LogP contribution in [0.15, 0.2) is 78.2 Å². The maximum Gasteiger partial charge on any atom is 0.160 e. The number of fused-ring (bicyclic) bond motifs is 3. The normalized spacial score (nSPS) is 13.4. The molecule has 38 heavy (non-hydrogen) atoms. The van der Waals surface area contributed by atoms with E-state index in [0.717, 1.165) is 16.0 Å². The Hall–Kier alpha value is -2.79. The summed E-state index contributed by atoms with van der Waals surface area (Å²) < 4.78 is 0. The van der Waals surface area contributed by atoms with Gasteiger partial charge in [0.05, 0.1) is 9.75 Å². The highest BCUT2D eigenvalue weighted by atomic mass is 32.1. The van der Waals surface area contributed by atoms with Gasteiger partial charge in [-0.3, -0.25) is 4.79 Å². The van der Waals surface area contributed by atoms with Crippen molar-refractivity contribution >= 4 is 40.3 Å². The number of rotatable bonds is 10. The average molecular weight is 553 g/mol. The molecule has 0 fully saturated rings. The van der Waals surface area contributed by atoms with E-state index in [0.29, 0.717) is 0 Å². The van der Waals surface area contributed by atoms with Crippen LogP contribution >= 0.6 is 34.0 Å². The molecule has 0 atom stereocenters. The van der Waals surface area contributed by atoms with E-state index < -0.39 is 0 Å². The molecule has 0 aliphatic heterocycles. The lowest BCUT2D eigenvalue weighted by Gasteiger charge is -2.33. The van der Waals surface area contributed by atoms with Gasteiger partial charge in [0, 0.05) is 25.6 Å². The van der Waals surface area contributed by atoms with Crippen molar-refractivity contribution in [2.24, 2.45) is 0 Å². The molecule has 1 aliphatic carbocycles. The Labute approximate surface area is 237 Å². The van der Waals surface area contributed by atoms with E-state index in [1.807, 2.05) is 28.7 Å². The molecule has 0 saturated carbocycles. The van der Waals surface area contributed by atoms with Crippen LogP contribution in [0.3, 0.4) is 0 Å². The van der Waals surface area contributed by atoms with Crippen LogP contribution in [0.4, 0.5) is 0 Å². The highest BCUT2D eigenvalue weighted by Crippen LogP contribution is 2.55. The van der Waals surface area contributed by atoms with E-state index in [9.17, 15) is 4.79 Å². The Morgan fingerprint density at radius 1 is 0.711 bits per heavy atom. The topological polar surface area (TPSA) is 17.1 Å². The fraction of sp³-hybridized carbons (Fsp3) is 0.265. The summed E-state index contributed by atoms with van der Waals surface area (Å²) in [5, 5.41) is 2.23. The van der Waals surface area contributed by atoms with Gasteiger partial charge >= 0.3 is 0 Å². The molecule has 3 heterocycles. The zero-order chi connectivity index (χ0) is 26.1. The Balaban J connectivity index is 1.43. The minimum atomic E-state index is 0.107. The first-order valence-corrected chi connectivity index (χ1v) is 16.2. The summed E-state index contributed by atoms with van der Waals surface area (Å²) in [6.45, 7) is 4.63. The fourth-order valence-corrected chi connectivity index (χ4v) is 9.09. The summed E-state index contributed by atoms with van der Waals surface area (Å²) in [4.78, 5) is 17.0. The number of aldehydes is 1. The van der Waals surface area contributed by atoms with Crippen LogP contribution < -0.4 is 0 Å². The van der Waals surface area contributed by atoms with Crippen LogP contribution in [0.2, 0.25) is 0 Å². The van der Waals surface area contributed by atoms with Gasteiger partial charge in [-0.05, 0) is 82.4 Å². The van der Waals surface area contributed by atoms with Crippen molar-refractivity contribution in [1.82, 2.24) is 0 Å². The van der Waals surface area contributed by atoms with Crippen molar-refractivity contribution in [3.05, 3.63) is 94.2 Å². The van der Waals surface area contributed by atoms with Crippen LogP contribution in [-0.2, 0) is 5.41 Å². The lowest BCUT2D eigenvalue weighted by atomic mass is 9.70. The summed E-state index contributed by atoms with van der Waals surface area (Å²) in [5.41, 5.74) is 8.67. The fourth-order valence-electron chi connectivity index (χ4n) is 6.11. The van der Waals surface area contributed by atoms with Gasteiger partial charge in [-0.2, -0.15) is 0 Å². The standard InChI is InChI=1S/C34H32OS3/c1-3-5-18-34(19-6-4-2)28-10-8-7-9-26(28)27-13-11-23(21-29(27)34)25-17-20-36-33(25)32-16-15-31(38-32)30-14-12-24(22-35)37-30/h7-17,20-22H,3-6,18-19H2,1-2H3.